The van der Waals surface area contributed by atoms with Crippen molar-refractivity contribution in [1.29, 1.82) is 0 Å². The number of carbonyl (C=O) groups excluding carboxylic acids is 1. The molecule has 1 aliphatic heterocycles. The molecule has 0 aromatic heterocycles. The van der Waals surface area contributed by atoms with E-state index in [0.717, 1.165) is 0 Å². The topological polar surface area (TPSA) is 26.3 Å². The Hall–Kier alpha value is -0.630. The molecule has 0 spiro atoms. The molecule has 0 aliphatic carbocycles. The Morgan fingerprint density at radius 2 is 2.75 bits per heavy atom. The average Bonchev–Trinajstić information content (AvgIpc) is 2.19. The second kappa shape index (κ2) is 2.62. The van der Waals surface area contributed by atoms with Crippen LogP contribution in [0.25, 0.3) is 0 Å². The predicted molar refractivity (Wildman–Crippen MR) is 29.2 cm³/mol. The van der Waals surface area contributed by atoms with Crippen molar-refractivity contribution in [1.82, 2.24) is 0 Å². The van der Waals surface area contributed by atoms with Gasteiger partial charge >= 0.3 is 0 Å². The summed E-state index contributed by atoms with van der Waals surface area (Å²) in [6.07, 6.45) is 5.95. The smallest absolute Gasteiger partial charge is 0.201 e. The van der Waals surface area contributed by atoms with Crippen molar-refractivity contribution in [3.63, 3.8) is 0 Å². The quantitative estimate of drug-likeness (QED) is 0.483. The molecule has 1 atom stereocenters. The van der Waals surface area contributed by atoms with E-state index in [-0.39, 0.29) is 6.10 Å². The van der Waals surface area contributed by atoms with Gasteiger partial charge in [-0.05, 0) is 0 Å². The van der Waals surface area contributed by atoms with Crippen LogP contribution in [0.5, 0.6) is 0 Å². The first-order valence-corrected chi connectivity index (χ1v) is 2.57. The SMILES string of the molecule is O=[C]CC1C=CCO1. The Kier molecular flexibility index (Phi) is 1.80. The van der Waals surface area contributed by atoms with Gasteiger partial charge in [0.1, 0.15) is 0 Å². The normalized spacial score (nSPS) is 26.2. The number of hydrogen-bond donors (Lipinski definition) is 0. The molecule has 0 aromatic carbocycles. The first kappa shape index (κ1) is 5.51. The Balaban J connectivity index is 2.25. The van der Waals surface area contributed by atoms with Crippen LogP contribution in [0, 0.1) is 0 Å². The zero-order valence-electron chi connectivity index (χ0n) is 4.46. The molecule has 0 bridgehead atoms. The molecule has 1 radical (unpaired) electrons. The molecular formula is C6H7O2. The van der Waals surface area contributed by atoms with Gasteiger partial charge in [-0.1, -0.05) is 12.2 Å². The molecule has 0 amide bonds. The molecule has 1 aliphatic rings. The van der Waals surface area contributed by atoms with Gasteiger partial charge in [0, 0.05) is 6.42 Å². The molecule has 43 valence electrons. The molecule has 0 N–H and O–H groups in total. The van der Waals surface area contributed by atoms with Gasteiger partial charge in [-0.15, -0.1) is 0 Å². The highest BCUT2D eigenvalue weighted by Gasteiger charge is 2.07. The predicted octanol–water partition coefficient (Wildman–Crippen LogP) is 0.441. The second-order valence-electron chi connectivity index (χ2n) is 1.65. The van der Waals surface area contributed by atoms with Crippen LogP contribution >= 0.6 is 0 Å². The maximum Gasteiger partial charge on any atom is 0.201 e. The van der Waals surface area contributed by atoms with Crippen molar-refractivity contribution in [2.45, 2.75) is 12.5 Å². The molecular weight excluding hydrogens is 104 g/mol. The lowest BCUT2D eigenvalue weighted by molar-refractivity contribution is 0.133. The van der Waals surface area contributed by atoms with E-state index in [0.29, 0.717) is 13.0 Å². The van der Waals surface area contributed by atoms with Gasteiger partial charge in [-0.25, -0.2) is 0 Å². The highest BCUT2D eigenvalue weighted by Crippen LogP contribution is 2.04. The third-order valence-electron chi connectivity index (χ3n) is 1.04. The maximum absolute atomic E-state index is 9.72. The van der Waals surface area contributed by atoms with Gasteiger partial charge in [0.05, 0.1) is 12.7 Å². The number of rotatable bonds is 2. The number of hydrogen-bond acceptors (Lipinski definition) is 2. The van der Waals surface area contributed by atoms with E-state index in [9.17, 15) is 4.79 Å². The van der Waals surface area contributed by atoms with Crippen molar-refractivity contribution in [2.24, 2.45) is 0 Å². The highest BCUT2D eigenvalue weighted by molar-refractivity contribution is 5.51. The summed E-state index contributed by atoms with van der Waals surface area (Å²) in [5, 5.41) is 0. The third-order valence-corrected chi connectivity index (χ3v) is 1.04. The zero-order chi connectivity index (χ0) is 5.82. The van der Waals surface area contributed by atoms with Crippen molar-refractivity contribution in [2.75, 3.05) is 6.61 Å². The van der Waals surface area contributed by atoms with E-state index < -0.39 is 0 Å². The van der Waals surface area contributed by atoms with E-state index in [4.69, 9.17) is 4.74 Å². The van der Waals surface area contributed by atoms with Crippen LogP contribution < -0.4 is 0 Å². The van der Waals surface area contributed by atoms with Crippen LogP contribution in [0.4, 0.5) is 0 Å². The zero-order valence-corrected chi connectivity index (χ0v) is 4.46. The summed E-state index contributed by atoms with van der Waals surface area (Å²) in [5.74, 6) is 0. The Morgan fingerprint density at radius 3 is 3.25 bits per heavy atom. The van der Waals surface area contributed by atoms with Crippen LogP contribution in [0.1, 0.15) is 6.42 Å². The molecule has 1 unspecified atom stereocenters. The van der Waals surface area contributed by atoms with Gasteiger partial charge in [0.2, 0.25) is 6.29 Å². The highest BCUT2D eigenvalue weighted by atomic mass is 16.5. The second-order valence-corrected chi connectivity index (χ2v) is 1.65. The average molecular weight is 111 g/mol. The molecule has 0 aromatic rings. The van der Waals surface area contributed by atoms with Gasteiger partial charge in [-0.3, -0.25) is 4.79 Å². The Labute approximate surface area is 48.1 Å². The summed E-state index contributed by atoms with van der Waals surface area (Å²) in [6.45, 7) is 0.645. The standard InChI is InChI=1S/C6H7O2/c7-4-3-6-2-1-5-8-6/h1-2,6H,3,5H2. The fraction of sp³-hybridized carbons (Fsp3) is 0.500. The minimum absolute atomic E-state index is 0.00694. The van der Waals surface area contributed by atoms with Crippen molar-refractivity contribution < 1.29 is 9.53 Å². The summed E-state index contributed by atoms with van der Waals surface area (Å²) in [5.41, 5.74) is 0. The fourth-order valence-corrected chi connectivity index (χ4v) is 0.651. The van der Waals surface area contributed by atoms with Crippen LogP contribution in [0.15, 0.2) is 12.2 Å². The largest absolute Gasteiger partial charge is 0.370 e. The van der Waals surface area contributed by atoms with E-state index in [1.165, 1.54) is 0 Å². The molecule has 2 heteroatoms. The monoisotopic (exact) mass is 111 g/mol. The van der Waals surface area contributed by atoms with Crippen LogP contribution in [-0.4, -0.2) is 19.0 Å². The van der Waals surface area contributed by atoms with Crippen molar-refractivity contribution >= 4 is 6.29 Å². The Morgan fingerprint density at radius 1 is 1.88 bits per heavy atom. The molecule has 1 heterocycles. The summed E-state index contributed by atoms with van der Waals surface area (Å²) in [7, 11) is 0. The molecule has 0 saturated heterocycles. The lowest BCUT2D eigenvalue weighted by atomic mass is 10.3. The molecule has 2 nitrogen and oxygen atoms in total. The lowest BCUT2D eigenvalue weighted by Crippen LogP contribution is -2.03. The van der Waals surface area contributed by atoms with Gasteiger partial charge in [0.25, 0.3) is 0 Å². The van der Waals surface area contributed by atoms with Crippen molar-refractivity contribution in [3.05, 3.63) is 12.2 Å². The first-order chi connectivity index (χ1) is 3.93. The van der Waals surface area contributed by atoms with E-state index in [1.54, 1.807) is 6.29 Å². The Bertz CT molecular complexity index is 107. The van der Waals surface area contributed by atoms with Crippen molar-refractivity contribution in [3.8, 4) is 0 Å². The molecule has 0 saturated carbocycles. The maximum atomic E-state index is 9.72. The van der Waals surface area contributed by atoms with E-state index in [2.05, 4.69) is 0 Å². The van der Waals surface area contributed by atoms with Crippen LogP contribution in [-0.2, 0) is 9.53 Å². The van der Waals surface area contributed by atoms with Gasteiger partial charge in [-0.2, -0.15) is 0 Å². The number of ether oxygens (including phenoxy) is 1. The molecule has 8 heavy (non-hydrogen) atoms. The summed E-state index contributed by atoms with van der Waals surface area (Å²) < 4.78 is 5.02. The summed E-state index contributed by atoms with van der Waals surface area (Å²) >= 11 is 0. The third kappa shape index (κ3) is 1.17. The summed E-state index contributed by atoms with van der Waals surface area (Å²) in [4.78, 5) is 9.72. The minimum Gasteiger partial charge on any atom is -0.370 e. The lowest BCUT2D eigenvalue weighted by Gasteiger charge is -1.99. The molecule has 1 rings (SSSR count). The van der Waals surface area contributed by atoms with Crippen LogP contribution in [0.2, 0.25) is 0 Å². The fourth-order valence-electron chi connectivity index (χ4n) is 0.651. The minimum atomic E-state index is 0.00694. The van der Waals surface area contributed by atoms with Crippen LogP contribution in [0.3, 0.4) is 0 Å². The van der Waals surface area contributed by atoms with E-state index >= 15 is 0 Å². The van der Waals surface area contributed by atoms with Gasteiger partial charge < -0.3 is 4.74 Å². The summed E-state index contributed by atoms with van der Waals surface area (Å²) in [6, 6.07) is 0. The first-order valence-electron chi connectivity index (χ1n) is 2.57. The van der Waals surface area contributed by atoms with Gasteiger partial charge in [0.15, 0.2) is 0 Å². The molecule has 0 fully saturated rings. The van der Waals surface area contributed by atoms with E-state index in [1.807, 2.05) is 12.2 Å².